The zero-order valence-corrected chi connectivity index (χ0v) is 14.7. The Balaban J connectivity index is 1.46. The van der Waals surface area contributed by atoms with Gasteiger partial charge >= 0.3 is 0 Å². The summed E-state index contributed by atoms with van der Waals surface area (Å²) in [6.45, 7) is 0.783. The maximum Gasteiger partial charge on any atom is 0.142 e. The molecule has 0 saturated carbocycles. The fourth-order valence-corrected chi connectivity index (χ4v) is 3.90. The molecule has 126 valence electrons. The van der Waals surface area contributed by atoms with Crippen molar-refractivity contribution in [3.63, 3.8) is 0 Å². The van der Waals surface area contributed by atoms with Gasteiger partial charge in [0.1, 0.15) is 11.9 Å². The van der Waals surface area contributed by atoms with Gasteiger partial charge in [-0.3, -0.25) is 0 Å². The van der Waals surface area contributed by atoms with Gasteiger partial charge in [-0.1, -0.05) is 30.3 Å². The van der Waals surface area contributed by atoms with Crippen molar-refractivity contribution in [2.45, 2.75) is 12.6 Å². The predicted octanol–water partition coefficient (Wildman–Crippen LogP) is 4.33. The molecule has 4 aromatic rings. The van der Waals surface area contributed by atoms with E-state index < -0.39 is 6.10 Å². The molecule has 2 aromatic heterocycles. The highest BCUT2D eigenvalue weighted by molar-refractivity contribution is 7.17. The molecule has 5 heteroatoms. The molecule has 2 aromatic carbocycles. The molecule has 0 spiro atoms. The molecule has 0 amide bonds. The molecular weight excluding hydrogens is 330 g/mol. The number of aliphatic hydroxyl groups is 1. The van der Waals surface area contributed by atoms with Crippen molar-refractivity contribution in [1.82, 2.24) is 9.55 Å². The highest BCUT2D eigenvalue weighted by Crippen LogP contribution is 2.27. The summed E-state index contributed by atoms with van der Waals surface area (Å²) in [7, 11) is 1.88. The number of imidazole rings is 1. The van der Waals surface area contributed by atoms with E-state index in [9.17, 15) is 5.11 Å². The molecule has 2 N–H and O–H groups in total. The Morgan fingerprint density at radius 2 is 1.96 bits per heavy atom. The summed E-state index contributed by atoms with van der Waals surface area (Å²) in [4.78, 5) is 4.21. The van der Waals surface area contributed by atoms with Gasteiger partial charge in [-0.15, -0.1) is 11.3 Å². The second kappa shape index (κ2) is 6.70. The van der Waals surface area contributed by atoms with Crippen LogP contribution in [0.1, 0.15) is 23.1 Å². The van der Waals surface area contributed by atoms with Crippen molar-refractivity contribution in [3.8, 4) is 0 Å². The number of thiophene rings is 1. The van der Waals surface area contributed by atoms with E-state index in [-0.39, 0.29) is 0 Å². The minimum atomic E-state index is -0.713. The number of hydrogen-bond donors (Lipinski definition) is 2. The Bertz CT molecular complexity index is 988. The number of hydrogen-bond acceptors (Lipinski definition) is 4. The summed E-state index contributed by atoms with van der Waals surface area (Å²) in [6, 6.07) is 16.3. The molecule has 1 unspecified atom stereocenters. The molecule has 4 nitrogen and oxygen atoms in total. The molecule has 0 aliphatic carbocycles. The van der Waals surface area contributed by atoms with Crippen LogP contribution in [-0.2, 0) is 13.6 Å². The monoisotopic (exact) mass is 349 g/mol. The molecule has 0 aliphatic rings. The number of aryl methyl sites for hydroxylation is 1. The first-order valence-corrected chi connectivity index (χ1v) is 9.04. The normalized spacial score (nSPS) is 12.4. The molecule has 4 rings (SSSR count). The lowest BCUT2D eigenvalue weighted by atomic mass is 10.1. The molecular formula is C20H19N3OS. The zero-order chi connectivity index (χ0) is 17.2. The maximum absolute atomic E-state index is 10.4. The second-order valence-corrected chi connectivity index (χ2v) is 6.94. The van der Waals surface area contributed by atoms with Gasteiger partial charge in [0.15, 0.2) is 0 Å². The largest absolute Gasteiger partial charge is 0.381 e. The van der Waals surface area contributed by atoms with E-state index in [1.807, 2.05) is 42.1 Å². The van der Waals surface area contributed by atoms with Gasteiger partial charge < -0.3 is 15.0 Å². The van der Waals surface area contributed by atoms with Crippen LogP contribution in [0.4, 0.5) is 5.69 Å². The van der Waals surface area contributed by atoms with Crippen LogP contribution in [-0.4, -0.2) is 14.7 Å². The van der Waals surface area contributed by atoms with Crippen LogP contribution in [0.15, 0.2) is 66.3 Å². The maximum atomic E-state index is 10.4. The molecule has 0 bridgehead atoms. The van der Waals surface area contributed by atoms with Crippen molar-refractivity contribution < 1.29 is 5.11 Å². The van der Waals surface area contributed by atoms with E-state index in [0.717, 1.165) is 17.8 Å². The molecule has 0 fully saturated rings. The third-order valence-corrected chi connectivity index (χ3v) is 5.39. The van der Waals surface area contributed by atoms with E-state index in [4.69, 9.17) is 0 Å². The lowest BCUT2D eigenvalue weighted by Gasteiger charge is -2.12. The van der Waals surface area contributed by atoms with Gasteiger partial charge in [0.2, 0.25) is 0 Å². The molecule has 25 heavy (non-hydrogen) atoms. The second-order valence-electron chi connectivity index (χ2n) is 6.03. The third kappa shape index (κ3) is 3.16. The Morgan fingerprint density at radius 3 is 2.72 bits per heavy atom. The average Bonchev–Trinajstić information content (AvgIpc) is 3.26. The lowest BCUT2D eigenvalue weighted by Crippen LogP contribution is -2.07. The van der Waals surface area contributed by atoms with Gasteiger partial charge in [-0.2, -0.15) is 0 Å². The highest BCUT2D eigenvalue weighted by Gasteiger charge is 2.14. The van der Waals surface area contributed by atoms with E-state index in [1.165, 1.54) is 15.6 Å². The first kappa shape index (κ1) is 15.9. The van der Waals surface area contributed by atoms with Crippen molar-refractivity contribution in [2.75, 3.05) is 5.32 Å². The van der Waals surface area contributed by atoms with Crippen molar-refractivity contribution in [2.24, 2.45) is 7.05 Å². The van der Waals surface area contributed by atoms with Gasteiger partial charge in [0.25, 0.3) is 0 Å². The lowest BCUT2D eigenvalue weighted by molar-refractivity contribution is 0.206. The van der Waals surface area contributed by atoms with Gasteiger partial charge in [-0.25, -0.2) is 4.98 Å². The van der Waals surface area contributed by atoms with E-state index >= 15 is 0 Å². The van der Waals surface area contributed by atoms with Crippen molar-refractivity contribution in [1.29, 1.82) is 0 Å². The summed E-state index contributed by atoms with van der Waals surface area (Å²) in [6.07, 6.45) is 2.81. The number of rotatable bonds is 5. The summed E-state index contributed by atoms with van der Waals surface area (Å²) >= 11 is 1.77. The first-order chi connectivity index (χ1) is 12.2. The van der Waals surface area contributed by atoms with Crippen molar-refractivity contribution in [3.05, 3.63) is 83.3 Å². The molecule has 0 radical (unpaired) electrons. The average molecular weight is 349 g/mol. The third-order valence-electron chi connectivity index (χ3n) is 4.37. The number of anilines is 1. The minimum absolute atomic E-state index is 0.644. The van der Waals surface area contributed by atoms with Crippen LogP contribution in [0.3, 0.4) is 0 Å². The smallest absolute Gasteiger partial charge is 0.142 e. The molecule has 0 aliphatic heterocycles. The summed E-state index contributed by atoms with van der Waals surface area (Å²) in [5.74, 6) is 0.644. The van der Waals surface area contributed by atoms with E-state index in [0.29, 0.717) is 5.82 Å². The fraction of sp³-hybridized carbons (Fsp3) is 0.150. The molecule has 1 atom stereocenters. The summed E-state index contributed by atoms with van der Waals surface area (Å²) < 4.78 is 3.14. The molecule has 2 heterocycles. The fourth-order valence-electron chi connectivity index (χ4n) is 2.94. The van der Waals surface area contributed by atoms with E-state index in [1.54, 1.807) is 17.5 Å². The Hall–Kier alpha value is -2.63. The van der Waals surface area contributed by atoms with Crippen LogP contribution < -0.4 is 5.32 Å². The number of aliphatic hydroxyl groups excluding tert-OH is 1. The number of benzene rings is 2. The number of nitrogens with one attached hydrogen (secondary N) is 1. The summed E-state index contributed by atoms with van der Waals surface area (Å²) in [5, 5.41) is 17.4. The number of nitrogens with zero attached hydrogens (tertiary/aromatic N) is 2. The Morgan fingerprint density at radius 1 is 1.16 bits per heavy atom. The predicted molar refractivity (Wildman–Crippen MR) is 103 cm³/mol. The SMILES string of the molecule is Cn1ccnc1C(O)c1ccc(NCc2csc3ccccc23)cc1. The van der Waals surface area contributed by atoms with Crippen molar-refractivity contribution >= 4 is 27.1 Å². The quantitative estimate of drug-likeness (QED) is 0.564. The van der Waals surface area contributed by atoms with Gasteiger partial charge in [0.05, 0.1) is 0 Å². The summed E-state index contributed by atoms with van der Waals surface area (Å²) in [5.41, 5.74) is 3.17. The van der Waals surface area contributed by atoms with Crippen LogP contribution in [0.2, 0.25) is 0 Å². The van der Waals surface area contributed by atoms with Gasteiger partial charge in [-0.05, 0) is 40.1 Å². The first-order valence-electron chi connectivity index (χ1n) is 8.16. The van der Waals surface area contributed by atoms with Crippen LogP contribution in [0.5, 0.6) is 0 Å². The topological polar surface area (TPSA) is 50.1 Å². The minimum Gasteiger partial charge on any atom is -0.381 e. The zero-order valence-electron chi connectivity index (χ0n) is 13.9. The van der Waals surface area contributed by atoms with Crippen LogP contribution >= 0.6 is 11.3 Å². The Labute approximate surface area is 150 Å². The standard InChI is InChI=1S/C20H19N3OS/c1-23-11-10-21-20(23)19(24)14-6-8-16(9-7-14)22-12-15-13-25-18-5-3-2-4-17(15)18/h2-11,13,19,22,24H,12H2,1H3. The molecule has 0 saturated heterocycles. The van der Waals surface area contributed by atoms with E-state index in [2.05, 4.69) is 39.9 Å². The Kier molecular flexibility index (Phi) is 4.26. The van der Waals surface area contributed by atoms with Gasteiger partial charge in [0, 0.05) is 36.4 Å². The number of fused-ring (bicyclic) bond motifs is 1. The highest BCUT2D eigenvalue weighted by atomic mass is 32.1. The van der Waals surface area contributed by atoms with Crippen LogP contribution in [0, 0.1) is 0 Å². The van der Waals surface area contributed by atoms with Crippen LogP contribution in [0.25, 0.3) is 10.1 Å². The number of aromatic nitrogens is 2.